The molecule has 1 aromatic rings. The Bertz CT molecular complexity index is 346. The Kier molecular flexibility index (Phi) is 2.96. The van der Waals surface area contributed by atoms with E-state index in [4.69, 9.17) is 0 Å². The smallest absolute Gasteiger partial charge is 0.0399 e. The fourth-order valence-corrected chi connectivity index (χ4v) is 2.42. The molecule has 0 radical (unpaired) electrons. The van der Waals surface area contributed by atoms with Gasteiger partial charge in [0.1, 0.15) is 0 Å². The van der Waals surface area contributed by atoms with Crippen LogP contribution in [0.25, 0.3) is 0 Å². The summed E-state index contributed by atoms with van der Waals surface area (Å²) in [4.78, 5) is 2.42. The summed E-state index contributed by atoms with van der Waals surface area (Å²) in [5, 5.41) is 3.23. The van der Waals surface area contributed by atoms with Crippen molar-refractivity contribution in [2.45, 2.75) is 25.8 Å². The van der Waals surface area contributed by atoms with E-state index in [9.17, 15) is 0 Å². The number of hydrogen-bond acceptors (Lipinski definition) is 2. The SMILES string of the molecule is CNCCC1Cc2cc(C)ccc2N1C. The largest absolute Gasteiger partial charge is 0.371 e. The van der Waals surface area contributed by atoms with E-state index in [2.05, 4.69) is 42.4 Å². The quantitative estimate of drug-likeness (QED) is 0.809. The molecule has 2 rings (SSSR count). The molecule has 0 amide bonds. The van der Waals surface area contributed by atoms with Crippen molar-refractivity contribution in [2.75, 3.05) is 25.5 Å². The molecule has 1 aromatic carbocycles. The first-order chi connectivity index (χ1) is 7.22. The Morgan fingerprint density at radius 2 is 2.27 bits per heavy atom. The van der Waals surface area contributed by atoms with Crippen molar-refractivity contribution in [2.24, 2.45) is 0 Å². The maximum Gasteiger partial charge on any atom is 0.0399 e. The highest BCUT2D eigenvalue weighted by molar-refractivity contribution is 5.59. The van der Waals surface area contributed by atoms with Crippen molar-refractivity contribution in [3.8, 4) is 0 Å². The van der Waals surface area contributed by atoms with E-state index in [1.165, 1.54) is 29.7 Å². The highest BCUT2D eigenvalue weighted by Gasteiger charge is 2.25. The molecule has 0 fully saturated rings. The van der Waals surface area contributed by atoms with Gasteiger partial charge in [0.25, 0.3) is 0 Å². The molecule has 0 bridgehead atoms. The number of nitrogens with zero attached hydrogens (tertiary/aromatic N) is 1. The van der Waals surface area contributed by atoms with Crippen molar-refractivity contribution in [1.82, 2.24) is 5.32 Å². The van der Waals surface area contributed by atoms with Crippen molar-refractivity contribution in [3.63, 3.8) is 0 Å². The molecule has 82 valence electrons. The van der Waals surface area contributed by atoms with Gasteiger partial charge in [-0.15, -0.1) is 0 Å². The summed E-state index contributed by atoms with van der Waals surface area (Å²) in [5.41, 5.74) is 4.30. The molecule has 0 saturated carbocycles. The zero-order chi connectivity index (χ0) is 10.8. The van der Waals surface area contributed by atoms with E-state index in [1.807, 2.05) is 7.05 Å². The van der Waals surface area contributed by atoms with Crippen LogP contribution >= 0.6 is 0 Å². The number of nitrogens with one attached hydrogen (secondary N) is 1. The number of benzene rings is 1. The predicted octanol–water partition coefficient (Wildman–Crippen LogP) is 1.97. The first-order valence-electron chi connectivity index (χ1n) is 5.69. The Morgan fingerprint density at radius 3 is 3.00 bits per heavy atom. The normalized spacial score (nSPS) is 19.4. The molecule has 1 unspecified atom stereocenters. The van der Waals surface area contributed by atoms with Gasteiger partial charge >= 0.3 is 0 Å². The lowest BCUT2D eigenvalue weighted by molar-refractivity contribution is 0.584. The highest BCUT2D eigenvalue weighted by Crippen LogP contribution is 2.32. The standard InChI is InChI=1S/C13H20N2/c1-10-4-5-13-11(8-10)9-12(15(13)3)6-7-14-2/h4-5,8,12,14H,6-7,9H2,1-3H3. The maximum absolute atomic E-state index is 3.23. The lowest BCUT2D eigenvalue weighted by atomic mass is 10.1. The van der Waals surface area contributed by atoms with E-state index in [0.717, 1.165) is 6.54 Å². The Hall–Kier alpha value is -1.02. The van der Waals surface area contributed by atoms with E-state index in [0.29, 0.717) is 6.04 Å². The second-order valence-corrected chi connectivity index (χ2v) is 4.49. The Labute approximate surface area is 92.3 Å². The minimum atomic E-state index is 0.675. The third-order valence-electron chi connectivity index (χ3n) is 3.35. The van der Waals surface area contributed by atoms with Gasteiger partial charge in [0, 0.05) is 18.8 Å². The first-order valence-corrected chi connectivity index (χ1v) is 5.69. The van der Waals surface area contributed by atoms with Gasteiger partial charge in [0.05, 0.1) is 0 Å². The minimum absolute atomic E-state index is 0.675. The van der Waals surface area contributed by atoms with Crippen LogP contribution in [0.5, 0.6) is 0 Å². The number of likely N-dealkylation sites (N-methyl/N-ethyl adjacent to an activating group) is 1. The van der Waals surface area contributed by atoms with E-state index in [1.54, 1.807) is 0 Å². The van der Waals surface area contributed by atoms with Crippen LogP contribution in [0.4, 0.5) is 5.69 Å². The van der Waals surface area contributed by atoms with Crippen molar-refractivity contribution >= 4 is 5.69 Å². The van der Waals surface area contributed by atoms with Gasteiger partial charge in [-0.1, -0.05) is 17.7 Å². The second kappa shape index (κ2) is 4.23. The van der Waals surface area contributed by atoms with Crippen LogP contribution in [-0.4, -0.2) is 26.7 Å². The molecular formula is C13H20N2. The molecule has 2 nitrogen and oxygen atoms in total. The summed E-state index contributed by atoms with van der Waals surface area (Å²) in [6, 6.07) is 7.46. The fraction of sp³-hybridized carbons (Fsp3) is 0.538. The Morgan fingerprint density at radius 1 is 1.47 bits per heavy atom. The number of rotatable bonds is 3. The summed E-state index contributed by atoms with van der Waals surface area (Å²) in [6.45, 7) is 3.27. The lowest BCUT2D eigenvalue weighted by Gasteiger charge is -2.22. The van der Waals surface area contributed by atoms with Crippen LogP contribution in [0.2, 0.25) is 0 Å². The lowest BCUT2D eigenvalue weighted by Crippen LogP contribution is -2.30. The number of hydrogen-bond donors (Lipinski definition) is 1. The average Bonchev–Trinajstić information content (AvgIpc) is 2.52. The topological polar surface area (TPSA) is 15.3 Å². The third-order valence-corrected chi connectivity index (χ3v) is 3.35. The predicted molar refractivity (Wildman–Crippen MR) is 65.6 cm³/mol. The Balaban J connectivity index is 2.14. The second-order valence-electron chi connectivity index (χ2n) is 4.49. The number of aryl methyl sites for hydroxylation is 1. The zero-order valence-corrected chi connectivity index (χ0v) is 9.88. The molecule has 0 spiro atoms. The van der Waals surface area contributed by atoms with Gasteiger partial charge in [-0.25, -0.2) is 0 Å². The van der Waals surface area contributed by atoms with Gasteiger partial charge in [-0.05, 0) is 45.0 Å². The number of fused-ring (bicyclic) bond motifs is 1. The first kappa shape index (κ1) is 10.5. The zero-order valence-electron chi connectivity index (χ0n) is 9.88. The summed E-state index contributed by atoms with van der Waals surface area (Å²) in [7, 11) is 4.23. The van der Waals surface area contributed by atoms with Crippen LogP contribution in [-0.2, 0) is 6.42 Å². The van der Waals surface area contributed by atoms with Gasteiger partial charge in [0.15, 0.2) is 0 Å². The van der Waals surface area contributed by atoms with Crippen LogP contribution in [0.1, 0.15) is 17.5 Å². The van der Waals surface area contributed by atoms with Crippen LogP contribution < -0.4 is 10.2 Å². The van der Waals surface area contributed by atoms with Crippen LogP contribution in [0.3, 0.4) is 0 Å². The van der Waals surface area contributed by atoms with Crippen LogP contribution in [0.15, 0.2) is 18.2 Å². The molecule has 1 atom stereocenters. The summed E-state index contributed by atoms with van der Waals surface area (Å²) >= 11 is 0. The molecule has 1 heterocycles. The molecule has 0 aliphatic carbocycles. The van der Waals surface area contributed by atoms with Gasteiger partial charge in [-0.2, -0.15) is 0 Å². The van der Waals surface area contributed by atoms with E-state index in [-0.39, 0.29) is 0 Å². The molecular weight excluding hydrogens is 184 g/mol. The van der Waals surface area contributed by atoms with Crippen molar-refractivity contribution in [3.05, 3.63) is 29.3 Å². The fourth-order valence-electron chi connectivity index (χ4n) is 2.42. The minimum Gasteiger partial charge on any atom is -0.371 e. The molecule has 0 saturated heterocycles. The molecule has 1 aliphatic rings. The molecule has 2 heteroatoms. The number of anilines is 1. The third kappa shape index (κ3) is 2.00. The monoisotopic (exact) mass is 204 g/mol. The van der Waals surface area contributed by atoms with Crippen molar-refractivity contribution < 1.29 is 0 Å². The van der Waals surface area contributed by atoms with E-state index < -0.39 is 0 Å². The van der Waals surface area contributed by atoms with Gasteiger partial charge in [-0.3, -0.25) is 0 Å². The summed E-state index contributed by atoms with van der Waals surface area (Å²) in [6.07, 6.45) is 2.43. The molecule has 15 heavy (non-hydrogen) atoms. The van der Waals surface area contributed by atoms with E-state index >= 15 is 0 Å². The van der Waals surface area contributed by atoms with Crippen molar-refractivity contribution in [1.29, 1.82) is 0 Å². The highest BCUT2D eigenvalue weighted by atomic mass is 15.2. The summed E-state index contributed by atoms with van der Waals surface area (Å²) in [5.74, 6) is 0. The maximum atomic E-state index is 3.23. The summed E-state index contributed by atoms with van der Waals surface area (Å²) < 4.78 is 0. The molecule has 1 N–H and O–H groups in total. The molecule has 1 aliphatic heterocycles. The van der Waals surface area contributed by atoms with Crippen LogP contribution in [0, 0.1) is 6.92 Å². The molecule has 0 aromatic heterocycles. The van der Waals surface area contributed by atoms with Gasteiger partial charge in [0.2, 0.25) is 0 Å². The van der Waals surface area contributed by atoms with Gasteiger partial charge < -0.3 is 10.2 Å². The average molecular weight is 204 g/mol.